The van der Waals surface area contributed by atoms with Gasteiger partial charge in [0.25, 0.3) is 5.91 Å². The molecule has 4 rings (SSSR count). The Balaban J connectivity index is 1.43. The summed E-state index contributed by atoms with van der Waals surface area (Å²) < 4.78 is 7.76. The van der Waals surface area contributed by atoms with Gasteiger partial charge in [-0.1, -0.05) is 60.7 Å². The van der Waals surface area contributed by atoms with Crippen molar-refractivity contribution in [1.29, 1.82) is 0 Å². The minimum Gasteiger partial charge on any atom is -0.491 e. The molecule has 1 aromatic heterocycles. The van der Waals surface area contributed by atoms with Crippen molar-refractivity contribution >= 4 is 5.91 Å². The number of carbonyl (C=O) groups excluding carboxylic acids is 1. The lowest BCUT2D eigenvalue weighted by molar-refractivity contribution is 0.0946. The second kappa shape index (κ2) is 11.3. The summed E-state index contributed by atoms with van der Waals surface area (Å²) in [5.74, 6) is 0.452. The van der Waals surface area contributed by atoms with Crippen molar-refractivity contribution in [1.82, 2.24) is 20.0 Å². The maximum atomic E-state index is 13.0. The molecular weight excluding hydrogens is 424 g/mol. The number of hydrogen-bond acceptors (Lipinski definition) is 4. The Bertz CT molecular complexity index is 1200. The lowest BCUT2D eigenvalue weighted by atomic mass is 9.98. The van der Waals surface area contributed by atoms with Crippen LogP contribution in [-0.2, 0) is 13.1 Å². The van der Waals surface area contributed by atoms with Gasteiger partial charge >= 0.3 is 0 Å². The molecule has 174 valence electrons. The summed E-state index contributed by atoms with van der Waals surface area (Å²) >= 11 is 0. The third-order valence-electron chi connectivity index (χ3n) is 5.55. The van der Waals surface area contributed by atoms with Gasteiger partial charge in [0.2, 0.25) is 0 Å². The Hall–Kier alpha value is -3.90. The van der Waals surface area contributed by atoms with Crippen LogP contribution in [0, 0.1) is 0 Å². The molecule has 1 heterocycles. The predicted octanol–water partition coefficient (Wildman–Crippen LogP) is 4.47. The van der Waals surface area contributed by atoms with E-state index in [0.717, 1.165) is 29.8 Å². The molecular formula is C28H30N4O2. The van der Waals surface area contributed by atoms with Gasteiger partial charge in [-0.15, -0.1) is 0 Å². The monoisotopic (exact) mass is 454 g/mol. The Morgan fingerprint density at radius 3 is 2.50 bits per heavy atom. The van der Waals surface area contributed by atoms with Crippen LogP contribution in [0.2, 0.25) is 0 Å². The minimum atomic E-state index is -0.148. The van der Waals surface area contributed by atoms with Gasteiger partial charge < -0.3 is 15.0 Å². The third kappa shape index (κ3) is 6.11. The van der Waals surface area contributed by atoms with E-state index in [1.807, 2.05) is 72.3 Å². The molecule has 1 amide bonds. The van der Waals surface area contributed by atoms with Crippen molar-refractivity contribution in [2.45, 2.75) is 13.1 Å². The molecule has 0 aliphatic rings. The van der Waals surface area contributed by atoms with Gasteiger partial charge in [0.1, 0.15) is 12.4 Å². The van der Waals surface area contributed by atoms with Gasteiger partial charge in [-0.25, -0.2) is 0 Å². The van der Waals surface area contributed by atoms with Crippen LogP contribution in [0.5, 0.6) is 5.75 Å². The number of nitrogens with zero attached hydrogens (tertiary/aromatic N) is 3. The van der Waals surface area contributed by atoms with Crippen molar-refractivity contribution in [2.24, 2.45) is 0 Å². The SMILES string of the molecule is CN(C)CCOc1ccccc1C(=O)NCc1ccccc1-c1ccc(Cn2cccn2)cc1. The molecule has 0 bridgehead atoms. The number of aromatic nitrogens is 2. The number of carbonyl (C=O) groups is 1. The third-order valence-corrected chi connectivity index (χ3v) is 5.55. The first-order valence-electron chi connectivity index (χ1n) is 11.4. The van der Waals surface area contributed by atoms with E-state index in [-0.39, 0.29) is 5.91 Å². The number of ether oxygens (including phenoxy) is 1. The molecule has 4 aromatic rings. The van der Waals surface area contributed by atoms with Crippen LogP contribution in [0.15, 0.2) is 91.3 Å². The van der Waals surface area contributed by atoms with Gasteiger partial charge in [-0.05, 0) is 54.5 Å². The Kier molecular flexibility index (Phi) is 7.73. The standard InChI is InChI=1S/C28H30N4O2/c1-31(2)18-19-34-27-11-6-5-10-26(27)28(33)29-20-24-8-3-4-9-25(24)23-14-12-22(13-15-23)21-32-17-7-16-30-32/h3-17H,18-21H2,1-2H3,(H,29,33). The van der Waals surface area contributed by atoms with Crippen molar-refractivity contribution in [3.05, 3.63) is 108 Å². The van der Waals surface area contributed by atoms with Crippen LogP contribution in [0.3, 0.4) is 0 Å². The number of para-hydroxylation sites is 1. The Morgan fingerprint density at radius 1 is 0.971 bits per heavy atom. The highest BCUT2D eigenvalue weighted by atomic mass is 16.5. The average Bonchev–Trinajstić information content (AvgIpc) is 3.36. The van der Waals surface area contributed by atoms with E-state index in [1.165, 1.54) is 5.56 Å². The molecule has 0 fully saturated rings. The quantitative estimate of drug-likeness (QED) is 0.384. The number of benzene rings is 3. The molecule has 0 unspecified atom stereocenters. The van der Waals surface area contributed by atoms with E-state index in [4.69, 9.17) is 4.74 Å². The predicted molar refractivity (Wildman–Crippen MR) is 135 cm³/mol. The van der Waals surface area contributed by atoms with E-state index >= 15 is 0 Å². The molecule has 0 saturated heterocycles. The van der Waals surface area contributed by atoms with E-state index in [2.05, 4.69) is 40.7 Å². The second-order valence-electron chi connectivity index (χ2n) is 8.39. The van der Waals surface area contributed by atoms with Gasteiger partial charge in [0, 0.05) is 25.5 Å². The van der Waals surface area contributed by atoms with E-state index in [0.29, 0.717) is 24.5 Å². The maximum Gasteiger partial charge on any atom is 0.255 e. The molecule has 6 heteroatoms. The molecule has 0 spiro atoms. The molecule has 0 aliphatic heterocycles. The average molecular weight is 455 g/mol. The molecule has 34 heavy (non-hydrogen) atoms. The zero-order valence-corrected chi connectivity index (χ0v) is 19.6. The van der Waals surface area contributed by atoms with Crippen LogP contribution in [0.1, 0.15) is 21.5 Å². The van der Waals surface area contributed by atoms with Crippen LogP contribution >= 0.6 is 0 Å². The van der Waals surface area contributed by atoms with Gasteiger partial charge in [-0.3, -0.25) is 9.48 Å². The molecule has 0 radical (unpaired) electrons. The summed E-state index contributed by atoms with van der Waals surface area (Å²) in [7, 11) is 3.98. The number of nitrogens with one attached hydrogen (secondary N) is 1. The largest absolute Gasteiger partial charge is 0.491 e. The number of hydrogen-bond donors (Lipinski definition) is 1. The first kappa shape index (κ1) is 23.3. The number of amides is 1. The fourth-order valence-electron chi connectivity index (χ4n) is 3.72. The smallest absolute Gasteiger partial charge is 0.255 e. The van der Waals surface area contributed by atoms with E-state index in [1.54, 1.807) is 12.3 Å². The second-order valence-corrected chi connectivity index (χ2v) is 8.39. The van der Waals surface area contributed by atoms with Crippen molar-refractivity contribution in [3.8, 4) is 16.9 Å². The normalized spacial score (nSPS) is 10.9. The fourth-order valence-corrected chi connectivity index (χ4v) is 3.72. The topological polar surface area (TPSA) is 59.4 Å². The Labute approximate surface area is 200 Å². The van der Waals surface area contributed by atoms with Crippen LogP contribution in [0.4, 0.5) is 0 Å². The molecule has 6 nitrogen and oxygen atoms in total. The lowest BCUT2D eigenvalue weighted by Gasteiger charge is -2.15. The van der Waals surface area contributed by atoms with Gasteiger partial charge in [0.05, 0.1) is 12.1 Å². The summed E-state index contributed by atoms with van der Waals surface area (Å²) in [5.41, 5.74) is 5.00. The van der Waals surface area contributed by atoms with Crippen LogP contribution < -0.4 is 10.1 Å². The molecule has 0 aliphatic carbocycles. The van der Waals surface area contributed by atoms with Crippen LogP contribution in [-0.4, -0.2) is 47.8 Å². The minimum absolute atomic E-state index is 0.148. The summed E-state index contributed by atoms with van der Waals surface area (Å²) in [6, 6.07) is 25.9. The number of likely N-dealkylation sites (N-methyl/N-ethyl adjacent to an activating group) is 1. The summed E-state index contributed by atoms with van der Waals surface area (Å²) in [5, 5.41) is 7.33. The van der Waals surface area contributed by atoms with E-state index < -0.39 is 0 Å². The molecule has 3 aromatic carbocycles. The first-order valence-corrected chi connectivity index (χ1v) is 11.4. The molecule has 0 saturated carbocycles. The molecule has 0 atom stereocenters. The van der Waals surface area contributed by atoms with E-state index in [9.17, 15) is 4.79 Å². The fraction of sp³-hybridized carbons (Fsp3) is 0.214. The van der Waals surface area contributed by atoms with Crippen molar-refractivity contribution < 1.29 is 9.53 Å². The summed E-state index contributed by atoms with van der Waals surface area (Å²) in [6.45, 7) is 2.47. The highest BCUT2D eigenvalue weighted by Crippen LogP contribution is 2.25. The maximum absolute atomic E-state index is 13.0. The van der Waals surface area contributed by atoms with Gasteiger partial charge in [0.15, 0.2) is 0 Å². The molecule has 1 N–H and O–H groups in total. The van der Waals surface area contributed by atoms with Crippen molar-refractivity contribution in [3.63, 3.8) is 0 Å². The zero-order chi connectivity index (χ0) is 23.8. The highest BCUT2D eigenvalue weighted by Gasteiger charge is 2.13. The number of rotatable bonds is 10. The zero-order valence-electron chi connectivity index (χ0n) is 19.6. The van der Waals surface area contributed by atoms with Crippen molar-refractivity contribution in [2.75, 3.05) is 27.2 Å². The summed E-state index contributed by atoms with van der Waals surface area (Å²) in [4.78, 5) is 15.0. The summed E-state index contributed by atoms with van der Waals surface area (Å²) in [6.07, 6.45) is 3.74. The van der Waals surface area contributed by atoms with Crippen LogP contribution in [0.25, 0.3) is 11.1 Å². The van der Waals surface area contributed by atoms with Gasteiger partial charge in [-0.2, -0.15) is 5.10 Å². The Morgan fingerprint density at radius 2 is 1.74 bits per heavy atom. The lowest BCUT2D eigenvalue weighted by Crippen LogP contribution is -2.25. The first-order chi connectivity index (χ1) is 16.6. The highest BCUT2D eigenvalue weighted by molar-refractivity contribution is 5.97.